The molecule has 0 saturated heterocycles. The van der Waals surface area contributed by atoms with Gasteiger partial charge in [-0.1, -0.05) is 12.1 Å². The van der Waals surface area contributed by atoms with Crippen molar-refractivity contribution in [2.45, 2.75) is 26.0 Å². The summed E-state index contributed by atoms with van der Waals surface area (Å²) >= 11 is 0. The molecule has 3 nitrogen and oxygen atoms in total. The number of hydrogen-bond donors (Lipinski definition) is 2. The minimum absolute atomic E-state index is 0.0438. The summed E-state index contributed by atoms with van der Waals surface area (Å²) in [5.74, 6) is 0. The predicted octanol–water partition coefficient (Wildman–Crippen LogP) is 1.89. The molecule has 1 aromatic carbocycles. The topological polar surface area (TPSA) is 56.0 Å². The van der Waals surface area contributed by atoms with Crippen molar-refractivity contribution in [3.8, 4) is 6.07 Å². The van der Waals surface area contributed by atoms with E-state index in [0.29, 0.717) is 6.42 Å². The second-order valence-electron chi connectivity index (χ2n) is 3.27. The first-order chi connectivity index (χ1) is 6.76. The second-order valence-corrected chi connectivity index (χ2v) is 3.27. The maximum absolute atomic E-state index is 8.92. The molecule has 0 saturated carbocycles. The fourth-order valence-corrected chi connectivity index (χ4v) is 1.23. The number of benzene rings is 1. The zero-order valence-corrected chi connectivity index (χ0v) is 8.20. The number of hydrogen-bond acceptors (Lipinski definition) is 3. The molecular weight excluding hydrogens is 176 g/mol. The third-order valence-corrected chi connectivity index (χ3v) is 1.92. The van der Waals surface area contributed by atoms with Crippen LogP contribution in [0.25, 0.3) is 0 Å². The van der Waals surface area contributed by atoms with Gasteiger partial charge >= 0.3 is 0 Å². The molecule has 74 valence electrons. The van der Waals surface area contributed by atoms with Gasteiger partial charge < -0.3 is 10.4 Å². The first-order valence-electron chi connectivity index (χ1n) is 4.59. The molecule has 1 rings (SSSR count). The Morgan fingerprint density at radius 3 is 3.00 bits per heavy atom. The molecule has 0 spiro atoms. The van der Waals surface area contributed by atoms with Crippen molar-refractivity contribution in [3.63, 3.8) is 0 Å². The van der Waals surface area contributed by atoms with Crippen LogP contribution in [0.15, 0.2) is 24.3 Å². The van der Waals surface area contributed by atoms with Gasteiger partial charge in [0.15, 0.2) is 0 Å². The van der Waals surface area contributed by atoms with Crippen molar-refractivity contribution >= 4 is 5.69 Å². The minimum atomic E-state index is 0.0438. The van der Waals surface area contributed by atoms with Crippen LogP contribution < -0.4 is 5.32 Å². The number of nitrogens with zero attached hydrogens (tertiary/aromatic N) is 1. The Kier molecular flexibility index (Phi) is 3.96. The molecule has 3 heteroatoms. The van der Waals surface area contributed by atoms with E-state index in [4.69, 9.17) is 10.4 Å². The van der Waals surface area contributed by atoms with Crippen LogP contribution in [0, 0.1) is 11.3 Å². The number of anilines is 1. The summed E-state index contributed by atoms with van der Waals surface area (Å²) in [7, 11) is 0. The van der Waals surface area contributed by atoms with Gasteiger partial charge in [0.1, 0.15) is 0 Å². The molecule has 0 aliphatic rings. The van der Waals surface area contributed by atoms with Crippen molar-refractivity contribution in [2.75, 3.05) is 5.32 Å². The standard InChI is InChI=1S/C11H14N2O/c1-9(5-6-12)13-11-4-2-3-10(7-11)8-14/h2-4,7,9,13-14H,5,8H2,1H3. The molecular formula is C11H14N2O. The molecule has 0 aliphatic carbocycles. The van der Waals surface area contributed by atoms with E-state index >= 15 is 0 Å². The van der Waals surface area contributed by atoms with E-state index in [1.165, 1.54) is 0 Å². The van der Waals surface area contributed by atoms with Crippen molar-refractivity contribution in [3.05, 3.63) is 29.8 Å². The normalized spacial score (nSPS) is 11.8. The highest BCUT2D eigenvalue weighted by Gasteiger charge is 2.00. The third kappa shape index (κ3) is 3.08. The summed E-state index contributed by atoms with van der Waals surface area (Å²) in [6, 6.07) is 9.79. The lowest BCUT2D eigenvalue weighted by Crippen LogP contribution is -2.13. The van der Waals surface area contributed by atoms with Crippen LogP contribution in [0.2, 0.25) is 0 Å². The van der Waals surface area contributed by atoms with Gasteiger partial charge in [-0.15, -0.1) is 0 Å². The summed E-state index contributed by atoms with van der Waals surface area (Å²) < 4.78 is 0. The molecule has 0 aliphatic heterocycles. The summed E-state index contributed by atoms with van der Waals surface area (Å²) in [5, 5.41) is 20.6. The predicted molar refractivity (Wildman–Crippen MR) is 55.7 cm³/mol. The Morgan fingerprint density at radius 1 is 1.57 bits per heavy atom. The SMILES string of the molecule is CC(CC#N)Nc1cccc(CO)c1. The lowest BCUT2D eigenvalue weighted by atomic mass is 10.2. The fraction of sp³-hybridized carbons (Fsp3) is 0.364. The molecule has 0 amide bonds. The number of aliphatic hydroxyl groups excluding tert-OH is 1. The number of rotatable bonds is 4. The van der Waals surface area contributed by atoms with Crippen LogP contribution in [0.1, 0.15) is 18.9 Å². The molecule has 0 fully saturated rings. The van der Waals surface area contributed by atoms with E-state index < -0.39 is 0 Å². The lowest BCUT2D eigenvalue weighted by Gasteiger charge is -2.12. The molecule has 0 heterocycles. The fourth-order valence-electron chi connectivity index (χ4n) is 1.23. The highest BCUT2D eigenvalue weighted by Crippen LogP contribution is 2.12. The van der Waals surface area contributed by atoms with Gasteiger partial charge in [-0.2, -0.15) is 5.26 Å². The van der Waals surface area contributed by atoms with Gasteiger partial charge in [-0.3, -0.25) is 0 Å². The van der Waals surface area contributed by atoms with Crippen LogP contribution in [0.3, 0.4) is 0 Å². The number of nitriles is 1. The summed E-state index contributed by atoms with van der Waals surface area (Å²) in [6.45, 7) is 2.00. The Bertz CT molecular complexity index is 330. The molecule has 0 bridgehead atoms. The highest BCUT2D eigenvalue weighted by atomic mass is 16.3. The second kappa shape index (κ2) is 5.25. The van der Waals surface area contributed by atoms with Crippen LogP contribution in [-0.2, 0) is 6.61 Å². The van der Waals surface area contributed by atoms with E-state index in [2.05, 4.69) is 11.4 Å². The molecule has 1 atom stereocenters. The Labute approximate surface area is 84.0 Å². The number of aliphatic hydroxyl groups is 1. The van der Waals surface area contributed by atoms with E-state index in [0.717, 1.165) is 11.3 Å². The van der Waals surface area contributed by atoms with Gasteiger partial charge in [0, 0.05) is 11.7 Å². The van der Waals surface area contributed by atoms with Gasteiger partial charge in [0.2, 0.25) is 0 Å². The largest absolute Gasteiger partial charge is 0.392 e. The van der Waals surface area contributed by atoms with Crippen molar-refractivity contribution in [1.82, 2.24) is 0 Å². The van der Waals surface area contributed by atoms with Crippen LogP contribution in [-0.4, -0.2) is 11.1 Å². The molecule has 14 heavy (non-hydrogen) atoms. The summed E-state index contributed by atoms with van der Waals surface area (Å²) in [6.07, 6.45) is 0.476. The minimum Gasteiger partial charge on any atom is -0.392 e. The maximum atomic E-state index is 8.92. The maximum Gasteiger partial charge on any atom is 0.0682 e. The Morgan fingerprint density at radius 2 is 2.36 bits per heavy atom. The molecule has 1 unspecified atom stereocenters. The smallest absolute Gasteiger partial charge is 0.0682 e. The first-order valence-corrected chi connectivity index (χ1v) is 4.59. The van der Waals surface area contributed by atoms with Crippen LogP contribution >= 0.6 is 0 Å². The van der Waals surface area contributed by atoms with Crippen molar-refractivity contribution < 1.29 is 5.11 Å². The molecule has 2 N–H and O–H groups in total. The van der Waals surface area contributed by atoms with Crippen LogP contribution in [0.4, 0.5) is 5.69 Å². The lowest BCUT2D eigenvalue weighted by molar-refractivity contribution is 0.282. The van der Waals surface area contributed by atoms with E-state index in [9.17, 15) is 0 Å². The van der Waals surface area contributed by atoms with Crippen molar-refractivity contribution in [1.29, 1.82) is 5.26 Å². The zero-order valence-electron chi connectivity index (χ0n) is 8.20. The van der Waals surface area contributed by atoms with E-state index in [1.54, 1.807) is 0 Å². The Hall–Kier alpha value is -1.53. The zero-order chi connectivity index (χ0) is 10.4. The Balaban J connectivity index is 2.63. The molecule has 0 radical (unpaired) electrons. The average Bonchev–Trinajstić information content (AvgIpc) is 2.18. The van der Waals surface area contributed by atoms with Gasteiger partial charge in [-0.05, 0) is 24.6 Å². The number of nitrogens with one attached hydrogen (secondary N) is 1. The first kappa shape index (κ1) is 10.6. The van der Waals surface area contributed by atoms with E-state index in [1.807, 2.05) is 31.2 Å². The van der Waals surface area contributed by atoms with Gasteiger partial charge in [-0.25, -0.2) is 0 Å². The quantitative estimate of drug-likeness (QED) is 0.762. The highest BCUT2D eigenvalue weighted by molar-refractivity contribution is 5.46. The average molecular weight is 190 g/mol. The van der Waals surface area contributed by atoms with Gasteiger partial charge in [0.05, 0.1) is 19.1 Å². The summed E-state index contributed by atoms with van der Waals surface area (Å²) in [5.41, 5.74) is 1.82. The monoisotopic (exact) mass is 190 g/mol. The molecule has 0 aromatic heterocycles. The third-order valence-electron chi connectivity index (χ3n) is 1.92. The van der Waals surface area contributed by atoms with Gasteiger partial charge in [0.25, 0.3) is 0 Å². The van der Waals surface area contributed by atoms with E-state index in [-0.39, 0.29) is 12.6 Å². The molecule has 1 aromatic rings. The summed E-state index contributed by atoms with van der Waals surface area (Å²) in [4.78, 5) is 0. The van der Waals surface area contributed by atoms with Crippen molar-refractivity contribution in [2.24, 2.45) is 0 Å². The van der Waals surface area contributed by atoms with Crippen LogP contribution in [0.5, 0.6) is 0 Å².